The number of pyridine rings is 1. The van der Waals surface area contributed by atoms with E-state index in [2.05, 4.69) is 72.0 Å². The van der Waals surface area contributed by atoms with Crippen molar-refractivity contribution in [1.82, 2.24) is 14.9 Å². The highest BCUT2D eigenvalue weighted by Gasteiger charge is 2.42. The fourth-order valence-electron chi connectivity index (χ4n) is 5.35. The van der Waals surface area contributed by atoms with Gasteiger partial charge in [-0.1, -0.05) is 25.1 Å². The van der Waals surface area contributed by atoms with E-state index in [1.54, 1.807) is 0 Å². The molecule has 2 aliphatic rings. The molecule has 1 fully saturated rings. The highest BCUT2D eigenvalue weighted by atomic mass is 32.1. The smallest absolute Gasteiger partial charge is 0.231 e. The van der Waals surface area contributed by atoms with Gasteiger partial charge in [0.25, 0.3) is 0 Å². The molecule has 0 radical (unpaired) electrons. The maximum atomic E-state index is 5.92. The first kappa shape index (κ1) is 22.6. The SMILES string of the molecule is CCc1ccc(-n2c(C)cc([C@@H]3[C@@H](c4ccccn4)NC(=S)N3c3ccc4c(c3)OCO4)c2C)cc1. The van der Waals surface area contributed by atoms with Crippen LogP contribution in [-0.2, 0) is 6.42 Å². The van der Waals surface area contributed by atoms with E-state index in [1.807, 2.05) is 36.5 Å². The first-order valence-electron chi connectivity index (χ1n) is 12.2. The van der Waals surface area contributed by atoms with Crippen molar-refractivity contribution in [3.63, 3.8) is 0 Å². The molecule has 2 atom stereocenters. The van der Waals surface area contributed by atoms with Gasteiger partial charge in [0, 0.05) is 35.0 Å². The van der Waals surface area contributed by atoms with Crippen LogP contribution >= 0.6 is 12.2 Å². The molecule has 1 N–H and O–H groups in total. The molecular formula is C29H28N4O2S. The topological polar surface area (TPSA) is 51.6 Å². The number of anilines is 1. The number of benzene rings is 2. The van der Waals surface area contributed by atoms with E-state index in [-0.39, 0.29) is 18.9 Å². The summed E-state index contributed by atoms with van der Waals surface area (Å²) in [5.74, 6) is 1.49. The highest BCUT2D eigenvalue weighted by molar-refractivity contribution is 7.80. The first-order chi connectivity index (χ1) is 17.5. The van der Waals surface area contributed by atoms with Crippen molar-refractivity contribution in [2.45, 2.75) is 39.3 Å². The number of hydrogen-bond acceptors (Lipinski definition) is 4. The average molecular weight is 497 g/mol. The largest absolute Gasteiger partial charge is 0.454 e. The van der Waals surface area contributed by atoms with Crippen molar-refractivity contribution in [3.8, 4) is 17.2 Å². The molecule has 2 aliphatic heterocycles. The lowest BCUT2D eigenvalue weighted by molar-refractivity contribution is 0.174. The van der Waals surface area contributed by atoms with Crippen molar-refractivity contribution in [3.05, 3.63) is 101 Å². The Morgan fingerprint density at radius 2 is 1.75 bits per heavy atom. The molecule has 4 aromatic rings. The van der Waals surface area contributed by atoms with Crippen molar-refractivity contribution < 1.29 is 9.47 Å². The molecule has 182 valence electrons. The second-order valence-corrected chi connectivity index (χ2v) is 9.60. The normalized spacial score (nSPS) is 18.5. The van der Waals surface area contributed by atoms with E-state index >= 15 is 0 Å². The maximum absolute atomic E-state index is 5.92. The summed E-state index contributed by atoms with van der Waals surface area (Å²) in [5.41, 5.74) is 7.95. The zero-order valence-corrected chi connectivity index (χ0v) is 21.4. The highest BCUT2D eigenvalue weighted by Crippen LogP contribution is 2.46. The first-order valence-corrected chi connectivity index (χ1v) is 12.6. The van der Waals surface area contributed by atoms with E-state index in [0.717, 1.165) is 35.0 Å². The van der Waals surface area contributed by atoms with Crippen molar-refractivity contribution in [1.29, 1.82) is 0 Å². The lowest BCUT2D eigenvalue weighted by Crippen LogP contribution is -2.29. The summed E-state index contributed by atoms with van der Waals surface area (Å²) in [4.78, 5) is 6.88. The molecule has 2 aromatic carbocycles. The molecule has 0 spiro atoms. The zero-order chi connectivity index (χ0) is 24.8. The van der Waals surface area contributed by atoms with Crippen LogP contribution in [0.4, 0.5) is 5.69 Å². The van der Waals surface area contributed by atoms with Gasteiger partial charge in [-0.3, -0.25) is 4.98 Å². The number of ether oxygens (including phenoxy) is 2. The summed E-state index contributed by atoms with van der Waals surface area (Å²) in [5, 5.41) is 4.22. The van der Waals surface area contributed by atoms with Crippen LogP contribution in [0.25, 0.3) is 5.69 Å². The molecule has 7 heteroatoms. The third-order valence-corrected chi connectivity index (χ3v) is 7.44. The van der Waals surface area contributed by atoms with Gasteiger partial charge >= 0.3 is 0 Å². The minimum absolute atomic E-state index is 0.0948. The second-order valence-electron chi connectivity index (χ2n) is 9.22. The molecule has 0 bridgehead atoms. The van der Waals surface area contributed by atoms with E-state index in [1.165, 1.54) is 22.5 Å². The van der Waals surface area contributed by atoms with Crippen molar-refractivity contribution in [2.24, 2.45) is 0 Å². The van der Waals surface area contributed by atoms with E-state index in [0.29, 0.717) is 5.11 Å². The van der Waals surface area contributed by atoms with E-state index < -0.39 is 0 Å². The zero-order valence-electron chi connectivity index (χ0n) is 20.6. The summed E-state index contributed by atoms with van der Waals surface area (Å²) < 4.78 is 13.5. The third-order valence-electron chi connectivity index (χ3n) is 7.12. The van der Waals surface area contributed by atoms with Gasteiger partial charge in [0.2, 0.25) is 6.79 Å². The average Bonchev–Trinajstić information content (AvgIpc) is 3.59. The minimum atomic E-state index is -0.111. The predicted molar refractivity (Wildman–Crippen MR) is 145 cm³/mol. The van der Waals surface area contributed by atoms with Crippen LogP contribution in [0.15, 0.2) is 72.9 Å². The molecular weight excluding hydrogens is 468 g/mol. The molecule has 1 saturated heterocycles. The molecule has 36 heavy (non-hydrogen) atoms. The Kier molecular flexibility index (Phi) is 5.64. The van der Waals surface area contributed by atoms with Crippen LogP contribution in [0, 0.1) is 13.8 Å². The van der Waals surface area contributed by atoms with Crippen LogP contribution in [0.1, 0.15) is 47.2 Å². The van der Waals surface area contributed by atoms with Crippen LogP contribution in [-0.4, -0.2) is 21.5 Å². The number of aryl methyl sites for hydroxylation is 2. The predicted octanol–water partition coefficient (Wildman–Crippen LogP) is 5.96. The number of nitrogens with one attached hydrogen (secondary N) is 1. The molecule has 6 nitrogen and oxygen atoms in total. The summed E-state index contributed by atoms with van der Waals surface area (Å²) >= 11 is 5.92. The molecule has 0 amide bonds. The number of rotatable bonds is 5. The summed E-state index contributed by atoms with van der Waals surface area (Å²) in [7, 11) is 0. The fraction of sp³-hybridized carbons (Fsp3) is 0.241. The quantitative estimate of drug-likeness (QED) is 0.344. The Morgan fingerprint density at radius 3 is 2.50 bits per heavy atom. The number of nitrogens with zero attached hydrogens (tertiary/aromatic N) is 3. The standard InChI is InChI=1S/C29H28N4O2S/c1-4-20-8-10-21(11-9-20)32-18(2)15-23(19(32)3)28-27(24-7-5-6-14-30-24)31-29(36)33(28)22-12-13-25-26(16-22)35-17-34-25/h5-16,27-28H,4,17H2,1-3H3,(H,31,36)/t27-,28-/m1/s1. The van der Waals surface area contributed by atoms with Gasteiger partial charge in [-0.05, 0) is 86.1 Å². The Labute approximate surface area is 216 Å². The number of fused-ring (bicyclic) bond motifs is 1. The van der Waals surface area contributed by atoms with E-state index in [4.69, 9.17) is 26.7 Å². The van der Waals surface area contributed by atoms with Gasteiger partial charge in [0.1, 0.15) is 0 Å². The van der Waals surface area contributed by atoms with Gasteiger partial charge in [-0.15, -0.1) is 0 Å². The van der Waals surface area contributed by atoms with Crippen molar-refractivity contribution in [2.75, 3.05) is 11.7 Å². The third kappa shape index (κ3) is 3.71. The Morgan fingerprint density at radius 1 is 0.972 bits per heavy atom. The Hall–Kier alpha value is -3.84. The number of aromatic nitrogens is 2. The summed E-state index contributed by atoms with van der Waals surface area (Å²) in [6, 6.07) is 22.9. The van der Waals surface area contributed by atoms with Crippen LogP contribution < -0.4 is 19.7 Å². The van der Waals surface area contributed by atoms with Gasteiger partial charge in [-0.2, -0.15) is 0 Å². The van der Waals surface area contributed by atoms with Gasteiger partial charge < -0.3 is 24.3 Å². The van der Waals surface area contributed by atoms with Crippen LogP contribution in [0.5, 0.6) is 11.5 Å². The lowest BCUT2D eigenvalue weighted by atomic mass is 9.96. The number of hydrogen-bond donors (Lipinski definition) is 1. The van der Waals surface area contributed by atoms with Crippen LogP contribution in [0.2, 0.25) is 0 Å². The Balaban J connectivity index is 1.49. The minimum Gasteiger partial charge on any atom is -0.454 e. The summed E-state index contributed by atoms with van der Waals surface area (Å²) in [6.45, 7) is 6.76. The van der Waals surface area contributed by atoms with Gasteiger partial charge in [0.15, 0.2) is 16.6 Å². The van der Waals surface area contributed by atoms with Gasteiger partial charge in [-0.25, -0.2) is 0 Å². The molecule has 6 rings (SSSR count). The molecule has 0 unspecified atom stereocenters. The fourth-order valence-corrected chi connectivity index (χ4v) is 5.70. The molecule has 0 saturated carbocycles. The lowest BCUT2D eigenvalue weighted by Gasteiger charge is -2.28. The number of thiocarbonyl (C=S) groups is 1. The van der Waals surface area contributed by atoms with Gasteiger partial charge in [0.05, 0.1) is 17.8 Å². The monoisotopic (exact) mass is 496 g/mol. The molecule has 4 heterocycles. The second kappa shape index (κ2) is 8.99. The van der Waals surface area contributed by atoms with Crippen LogP contribution in [0.3, 0.4) is 0 Å². The molecule has 2 aromatic heterocycles. The maximum Gasteiger partial charge on any atom is 0.231 e. The Bertz CT molecular complexity index is 1430. The van der Waals surface area contributed by atoms with E-state index in [9.17, 15) is 0 Å². The summed E-state index contributed by atoms with van der Waals surface area (Å²) in [6.07, 6.45) is 2.86. The molecule has 0 aliphatic carbocycles. The van der Waals surface area contributed by atoms with Crippen molar-refractivity contribution >= 4 is 23.0 Å².